The first-order chi connectivity index (χ1) is 9.62. The highest BCUT2D eigenvalue weighted by atomic mass is 28.2. The molecule has 2 aromatic rings. The zero-order valence-corrected chi connectivity index (χ0v) is 13.5. The lowest BCUT2D eigenvalue weighted by molar-refractivity contribution is 0.180. The molecule has 102 valence electrons. The molecule has 0 aromatic heterocycles. The maximum absolute atomic E-state index is 6.05. The molecule has 0 bridgehead atoms. The number of hydrogen-bond donors (Lipinski definition) is 0. The molecule has 0 aliphatic heterocycles. The summed E-state index contributed by atoms with van der Waals surface area (Å²) in [6, 6.07) is 21.0. The van der Waals surface area contributed by atoms with Crippen molar-refractivity contribution < 1.29 is 4.43 Å². The fraction of sp³-hybridized carbons (Fsp3) is 0.222. The van der Waals surface area contributed by atoms with Gasteiger partial charge in [0.2, 0.25) is 0 Å². The van der Waals surface area contributed by atoms with E-state index in [1.807, 2.05) is 26.0 Å². The van der Waals surface area contributed by atoms with Crippen LogP contribution in [0.15, 0.2) is 60.7 Å². The van der Waals surface area contributed by atoms with Gasteiger partial charge in [0.05, 0.1) is 0 Å². The summed E-state index contributed by atoms with van der Waals surface area (Å²) in [7, 11) is -0.829. The van der Waals surface area contributed by atoms with E-state index >= 15 is 0 Å². The fourth-order valence-electron chi connectivity index (χ4n) is 2.09. The summed E-state index contributed by atoms with van der Waals surface area (Å²) >= 11 is 0. The largest absolute Gasteiger partial charge is 0.408 e. The standard InChI is InChI=1S/C18H20OSi/c1-4-18(2,3)19-20-17(15-11-7-5-8-12-15)16-13-9-6-10-14-16/h1,5-14,17H,20H2,2-3H3. The van der Waals surface area contributed by atoms with E-state index in [-0.39, 0.29) is 0 Å². The first-order valence-electron chi connectivity index (χ1n) is 6.84. The minimum Gasteiger partial charge on any atom is -0.408 e. The van der Waals surface area contributed by atoms with Crippen LogP contribution in [0.5, 0.6) is 0 Å². The van der Waals surface area contributed by atoms with Crippen molar-refractivity contribution >= 4 is 9.76 Å². The smallest absolute Gasteiger partial charge is 0.175 e. The monoisotopic (exact) mass is 280 g/mol. The summed E-state index contributed by atoms with van der Waals surface area (Å²) in [6.45, 7) is 3.90. The van der Waals surface area contributed by atoms with E-state index < -0.39 is 15.4 Å². The molecule has 0 amide bonds. The zero-order chi connectivity index (χ0) is 14.4. The van der Waals surface area contributed by atoms with E-state index in [0.29, 0.717) is 5.54 Å². The van der Waals surface area contributed by atoms with E-state index in [2.05, 4.69) is 54.5 Å². The van der Waals surface area contributed by atoms with Crippen LogP contribution in [0, 0.1) is 12.3 Å². The third-order valence-electron chi connectivity index (χ3n) is 3.36. The maximum Gasteiger partial charge on any atom is 0.175 e. The summed E-state index contributed by atoms with van der Waals surface area (Å²) in [5.41, 5.74) is 2.47. The average Bonchev–Trinajstić information content (AvgIpc) is 2.49. The molecule has 0 heterocycles. The molecule has 2 rings (SSSR count). The second-order valence-corrected chi connectivity index (χ2v) is 6.78. The molecule has 0 radical (unpaired) electrons. The summed E-state index contributed by atoms with van der Waals surface area (Å²) < 4.78 is 6.05. The van der Waals surface area contributed by atoms with Gasteiger partial charge in [-0.3, -0.25) is 0 Å². The summed E-state index contributed by atoms with van der Waals surface area (Å²) in [4.78, 5) is 0. The van der Waals surface area contributed by atoms with Crippen LogP contribution in [-0.4, -0.2) is 15.4 Å². The van der Waals surface area contributed by atoms with Gasteiger partial charge in [-0.15, -0.1) is 6.42 Å². The van der Waals surface area contributed by atoms with Crippen LogP contribution in [0.4, 0.5) is 0 Å². The SMILES string of the molecule is C#CC(C)(C)O[SiH2]C(c1ccccc1)c1ccccc1. The van der Waals surface area contributed by atoms with Crippen LogP contribution in [0.3, 0.4) is 0 Å². The molecule has 0 aliphatic rings. The number of benzene rings is 2. The zero-order valence-electron chi connectivity index (χ0n) is 12.0. The van der Waals surface area contributed by atoms with Gasteiger partial charge in [0, 0.05) is 5.54 Å². The molecule has 0 atom stereocenters. The van der Waals surface area contributed by atoms with Crippen molar-refractivity contribution in [2.75, 3.05) is 0 Å². The van der Waals surface area contributed by atoms with Gasteiger partial charge in [-0.25, -0.2) is 0 Å². The third kappa shape index (κ3) is 3.83. The molecule has 1 nitrogen and oxygen atoms in total. The maximum atomic E-state index is 6.05. The molecule has 0 saturated heterocycles. The average molecular weight is 280 g/mol. The van der Waals surface area contributed by atoms with Crippen molar-refractivity contribution in [2.24, 2.45) is 0 Å². The Morgan fingerprint density at radius 2 is 1.40 bits per heavy atom. The van der Waals surface area contributed by atoms with Crippen LogP contribution >= 0.6 is 0 Å². The Kier molecular flexibility index (Phi) is 4.78. The van der Waals surface area contributed by atoms with Crippen LogP contribution in [-0.2, 0) is 4.43 Å². The van der Waals surface area contributed by atoms with Gasteiger partial charge < -0.3 is 4.43 Å². The van der Waals surface area contributed by atoms with Crippen LogP contribution < -0.4 is 0 Å². The first-order valence-corrected chi connectivity index (χ1v) is 8.23. The molecular weight excluding hydrogens is 260 g/mol. The summed E-state index contributed by atoms with van der Waals surface area (Å²) in [5, 5.41) is 0. The molecule has 0 fully saturated rings. The third-order valence-corrected chi connectivity index (χ3v) is 5.53. The van der Waals surface area contributed by atoms with Gasteiger partial charge in [-0.2, -0.15) is 0 Å². The van der Waals surface area contributed by atoms with Crippen molar-refractivity contribution in [3.63, 3.8) is 0 Å². The lowest BCUT2D eigenvalue weighted by Gasteiger charge is -2.24. The van der Waals surface area contributed by atoms with E-state index in [1.165, 1.54) is 11.1 Å². The van der Waals surface area contributed by atoms with Gasteiger partial charge in [0.1, 0.15) is 5.60 Å². The van der Waals surface area contributed by atoms with E-state index in [4.69, 9.17) is 10.8 Å². The quantitative estimate of drug-likeness (QED) is 0.603. The minimum absolute atomic E-state index is 0.338. The Morgan fingerprint density at radius 3 is 1.80 bits per heavy atom. The topological polar surface area (TPSA) is 9.23 Å². The molecule has 2 heteroatoms. The predicted molar refractivity (Wildman–Crippen MR) is 87.3 cm³/mol. The highest BCUT2D eigenvalue weighted by Crippen LogP contribution is 2.25. The number of rotatable bonds is 5. The van der Waals surface area contributed by atoms with Crippen molar-refractivity contribution in [3.8, 4) is 12.3 Å². The lowest BCUT2D eigenvalue weighted by atomic mass is 10.0. The second kappa shape index (κ2) is 6.56. The van der Waals surface area contributed by atoms with E-state index in [1.54, 1.807) is 0 Å². The molecule has 0 spiro atoms. The molecular formula is C18H20OSi. The van der Waals surface area contributed by atoms with Crippen LogP contribution in [0.1, 0.15) is 30.5 Å². The Balaban J connectivity index is 2.25. The van der Waals surface area contributed by atoms with Gasteiger partial charge in [0.25, 0.3) is 0 Å². The highest BCUT2D eigenvalue weighted by molar-refractivity contribution is 6.31. The van der Waals surface area contributed by atoms with Gasteiger partial charge >= 0.3 is 0 Å². The Bertz CT molecular complexity index is 530. The number of hydrogen-bond acceptors (Lipinski definition) is 1. The molecule has 20 heavy (non-hydrogen) atoms. The normalized spacial score (nSPS) is 11.9. The molecule has 0 saturated carbocycles. The van der Waals surface area contributed by atoms with E-state index in [0.717, 1.165) is 0 Å². The van der Waals surface area contributed by atoms with Crippen LogP contribution in [0.25, 0.3) is 0 Å². The minimum atomic E-state index is -0.829. The number of terminal acetylenes is 1. The summed E-state index contributed by atoms with van der Waals surface area (Å²) in [6.07, 6.45) is 5.52. The fourth-order valence-corrected chi connectivity index (χ4v) is 3.68. The van der Waals surface area contributed by atoms with E-state index in [9.17, 15) is 0 Å². The van der Waals surface area contributed by atoms with Gasteiger partial charge in [-0.05, 0) is 25.0 Å². The highest BCUT2D eigenvalue weighted by Gasteiger charge is 2.20. The van der Waals surface area contributed by atoms with Gasteiger partial charge in [-0.1, -0.05) is 66.6 Å². The first kappa shape index (κ1) is 14.6. The molecule has 0 unspecified atom stereocenters. The van der Waals surface area contributed by atoms with Crippen molar-refractivity contribution in [1.29, 1.82) is 0 Å². The molecule has 0 N–H and O–H groups in total. The van der Waals surface area contributed by atoms with Crippen molar-refractivity contribution in [1.82, 2.24) is 0 Å². The Morgan fingerprint density at radius 1 is 0.950 bits per heavy atom. The van der Waals surface area contributed by atoms with Crippen molar-refractivity contribution in [2.45, 2.75) is 25.0 Å². The van der Waals surface area contributed by atoms with Crippen LogP contribution in [0.2, 0.25) is 0 Å². The summed E-state index contributed by atoms with van der Waals surface area (Å²) in [5.74, 6) is 2.71. The Labute approximate surface area is 123 Å². The van der Waals surface area contributed by atoms with Crippen molar-refractivity contribution in [3.05, 3.63) is 71.8 Å². The van der Waals surface area contributed by atoms with Gasteiger partial charge in [0.15, 0.2) is 9.76 Å². The predicted octanol–water partition coefficient (Wildman–Crippen LogP) is 3.29. The second-order valence-electron chi connectivity index (χ2n) is 5.34. The molecule has 0 aliphatic carbocycles. The lowest BCUT2D eigenvalue weighted by Crippen LogP contribution is -2.27. The Hall–Kier alpha value is -1.82. The molecule has 2 aromatic carbocycles.